The highest BCUT2D eigenvalue weighted by molar-refractivity contribution is 5.57. The van der Waals surface area contributed by atoms with Gasteiger partial charge in [-0.05, 0) is 30.3 Å². The van der Waals surface area contributed by atoms with Crippen LogP contribution >= 0.6 is 0 Å². The molecule has 0 aliphatic rings. The van der Waals surface area contributed by atoms with Gasteiger partial charge < -0.3 is 19.6 Å². The lowest BCUT2D eigenvalue weighted by atomic mass is 10.2. The normalized spacial score (nSPS) is 10.5. The van der Waals surface area contributed by atoms with Crippen LogP contribution in [0.4, 0.5) is 5.69 Å². The number of hydrogen-bond donors (Lipinski definition) is 2. The van der Waals surface area contributed by atoms with E-state index in [-0.39, 0.29) is 6.61 Å². The molecule has 1 aromatic heterocycles. The van der Waals surface area contributed by atoms with Crippen LogP contribution in [0.3, 0.4) is 0 Å². The van der Waals surface area contributed by atoms with E-state index in [0.29, 0.717) is 12.3 Å². The fourth-order valence-electron chi connectivity index (χ4n) is 2.43. The second-order valence-corrected chi connectivity index (χ2v) is 5.17. The predicted octanol–water partition coefficient (Wildman–Crippen LogP) is 4.06. The highest BCUT2D eigenvalue weighted by Gasteiger charge is 2.06. The molecular formula is C19H19NO3. The number of hydrogen-bond acceptors (Lipinski definition) is 4. The Balaban J connectivity index is 1.68. The molecule has 1 heterocycles. The van der Waals surface area contributed by atoms with Crippen LogP contribution in [0.15, 0.2) is 65.1 Å². The number of ether oxygens (including phenoxy) is 1. The summed E-state index contributed by atoms with van der Waals surface area (Å²) in [6, 6.07) is 19.6. The summed E-state index contributed by atoms with van der Waals surface area (Å²) >= 11 is 0. The fourth-order valence-corrected chi connectivity index (χ4v) is 2.43. The minimum absolute atomic E-state index is 0.0579. The molecule has 4 nitrogen and oxygen atoms in total. The molecule has 0 aliphatic carbocycles. The van der Waals surface area contributed by atoms with Crippen LogP contribution in [0.1, 0.15) is 11.3 Å². The lowest BCUT2D eigenvalue weighted by Gasteiger charge is -2.10. The third-order valence-corrected chi connectivity index (χ3v) is 3.64. The van der Waals surface area contributed by atoms with E-state index in [1.165, 1.54) is 0 Å². The Morgan fingerprint density at radius 3 is 2.61 bits per heavy atom. The van der Waals surface area contributed by atoms with E-state index in [1.807, 2.05) is 60.7 Å². The van der Waals surface area contributed by atoms with Gasteiger partial charge in [0.15, 0.2) is 0 Å². The van der Waals surface area contributed by atoms with Crippen LogP contribution in [0, 0.1) is 0 Å². The van der Waals surface area contributed by atoms with Crippen LogP contribution in [0.25, 0.3) is 11.3 Å². The molecule has 0 saturated carbocycles. The number of methoxy groups -OCH3 is 1. The summed E-state index contributed by atoms with van der Waals surface area (Å²) in [5.74, 6) is 2.39. The summed E-state index contributed by atoms with van der Waals surface area (Å²) in [5, 5.41) is 12.7. The maximum Gasteiger partial charge on any atom is 0.134 e. The van der Waals surface area contributed by atoms with E-state index in [0.717, 1.165) is 28.3 Å². The standard InChI is InChI=1S/C19H19NO3/c1-22-18-9-7-16(11-15(18)13-21)20-12-17-8-10-19(23-17)14-5-3-2-4-6-14/h2-11,20-21H,12-13H2,1H3. The average Bonchev–Trinajstić information content (AvgIpc) is 3.09. The third-order valence-electron chi connectivity index (χ3n) is 3.64. The lowest BCUT2D eigenvalue weighted by Crippen LogP contribution is -2.00. The van der Waals surface area contributed by atoms with E-state index in [4.69, 9.17) is 9.15 Å². The molecule has 0 amide bonds. The number of aliphatic hydroxyl groups excluding tert-OH is 1. The van der Waals surface area contributed by atoms with Gasteiger partial charge in [0.2, 0.25) is 0 Å². The molecule has 0 atom stereocenters. The van der Waals surface area contributed by atoms with Gasteiger partial charge in [-0.15, -0.1) is 0 Å². The first-order valence-corrected chi connectivity index (χ1v) is 7.46. The van der Waals surface area contributed by atoms with Gasteiger partial charge in [0.1, 0.15) is 17.3 Å². The number of nitrogens with one attached hydrogen (secondary N) is 1. The third kappa shape index (κ3) is 3.55. The summed E-state index contributed by atoms with van der Waals surface area (Å²) < 4.78 is 11.1. The van der Waals surface area contributed by atoms with Crippen molar-refractivity contribution in [2.24, 2.45) is 0 Å². The zero-order chi connectivity index (χ0) is 16.1. The Morgan fingerprint density at radius 2 is 1.87 bits per heavy atom. The quantitative estimate of drug-likeness (QED) is 0.721. The minimum Gasteiger partial charge on any atom is -0.496 e. The van der Waals surface area contributed by atoms with Gasteiger partial charge >= 0.3 is 0 Å². The summed E-state index contributed by atoms with van der Waals surface area (Å²) in [6.07, 6.45) is 0. The number of benzene rings is 2. The Kier molecular flexibility index (Phi) is 4.64. The molecule has 0 radical (unpaired) electrons. The zero-order valence-corrected chi connectivity index (χ0v) is 13.0. The monoisotopic (exact) mass is 309 g/mol. The Hall–Kier alpha value is -2.72. The van der Waals surface area contributed by atoms with Gasteiger partial charge in [0.25, 0.3) is 0 Å². The molecule has 3 aromatic rings. The molecule has 4 heteroatoms. The largest absolute Gasteiger partial charge is 0.496 e. The van der Waals surface area contributed by atoms with Gasteiger partial charge in [0, 0.05) is 16.8 Å². The Bertz CT molecular complexity index is 765. The second-order valence-electron chi connectivity index (χ2n) is 5.17. The first kappa shape index (κ1) is 15.2. The Labute approximate surface area is 135 Å². The lowest BCUT2D eigenvalue weighted by molar-refractivity contribution is 0.274. The van der Waals surface area contributed by atoms with Crippen LogP contribution in [-0.4, -0.2) is 12.2 Å². The van der Waals surface area contributed by atoms with Crippen LogP contribution < -0.4 is 10.1 Å². The molecule has 0 fully saturated rings. The van der Waals surface area contributed by atoms with E-state index in [9.17, 15) is 5.11 Å². The van der Waals surface area contributed by atoms with Crippen LogP contribution in [0.2, 0.25) is 0 Å². The van der Waals surface area contributed by atoms with Crippen molar-refractivity contribution in [3.8, 4) is 17.1 Å². The highest BCUT2D eigenvalue weighted by Crippen LogP contribution is 2.24. The van der Waals surface area contributed by atoms with E-state index in [1.54, 1.807) is 7.11 Å². The zero-order valence-electron chi connectivity index (χ0n) is 13.0. The first-order chi connectivity index (χ1) is 11.3. The van der Waals surface area contributed by atoms with Crippen LogP contribution in [-0.2, 0) is 13.2 Å². The molecule has 3 rings (SSSR count). The molecule has 118 valence electrons. The van der Waals surface area contributed by atoms with Crippen molar-refractivity contribution < 1.29 is 14.3 Å². The van der Waals surface area contributed by atoms with E-state index >= 15 is 0 Å². The molecule has 0 bridgehead atoms. The van der Waals surface area contributed by atoms with Crippen molar-refractivity contribution >= 4 is 5.69 Å². The summed E-state index contributed by atoms with van der Waals surface area (Å²) in [5.41, 5.74) is 2.72. The maximum absolute atomic E-state index is 9.36. The van der Waals surface area contributed by atoms with Gasteiger partial charge in [0.05, 0.1) is 20.3 Å². The SMILES string of the molecule is COc1ccc(NCc2ccc(-c3ccccc3)o2)cc1CO. The minimum atomic E-state index is -0.0579. The topological polar surface area (TPSA) is 54.6 Å². The van der Waals surface area contributed by atoms with E-state index < -0.39 is 0 Å². The van der Waals surface area contributed by atoms with Gasteiger partial charge in [-0.3, -0.25) is 0 Å². The highest BCUT2D eigenvalue weighted by atomic mass is 16.5. The van der Waals surface area contributed by atoms with Crippen molar-refractivity contribution in [2.45, 2.75) is 13.2 Å². The molecule has 2 N–H and O–H groups in total. The van der Waals surface area contributed by atoms with Gasteiger partial charge in [-0.25, -0.2) is 0 Å². The molecule has 0 spiro atoms. The number of anilines is 1. The molecule has 23 heavy (non-hydrogen) atoms. The second kappa shape index (κ2) is 7.03. The van der Waals surface area contributed by atoms with Crippen molar-refractivity contribution in [1.82, 2.24) is 0 Å². The van der Waals surface area contributed by atoms with E-state index in [2.05, 4.69) is 5.32 Å². The molecule has 0 aliphatic heterocycles. The van der Waals surface area contributed by atoms with Crippen LogP contribution in [0.5, 0.6) is 5.75 Å². The summed E-state index contributed by atoms with van der Waals surface area (Å²) in [7, 11) is 1.59. The predicted molar refractivity (Wildman–Crippen MR) is 90.4 cm³/mol. The molecule has 0 saturated heterocycles. The number of furan rings is 1. The number of aliphatic hydroxyl groups is 1. The van der Waals surface area contributed by atoms with Gasteiger partial charge in [-0.1, -0.05) is 30.3 Å². The summed E-state index contributed by atoms with van der Waals surface area (Å²) in [4.78, 5) is 0. The first-order valence-electron chi connectivity index (χ1n) is 7.46. The van der Waals surface area contributed by atoms with Crippen molar-refractivity contribution in [3.63, 3.8) is 0 Å². The van der Waals surface area contributed by atoms with Crippen molar-refractivity contribution in [1.29, 1.82) is 0 Å². The smallest absolute Gasteiger partial charge is 0.134 e. The maximum atomic E-state index is 9.36. The van der Waals surface area contributed by atoms with Crippen molar-refractivity contribution in [3.05, 3.63) is 72.0 Å². The average molecular weight is 309 g/mol. The number of rotatable bonds is 6. The molecule has 0 unspecified atom stereocenters. The Morgan fingerprint density at radius 1 is 1.04 bits per heavy atom. The molecule has 2 aromatic carbocycles. The summed E-state index contributed by atoms with van der Waals surface area (Å²) in [6.45, 7) is 0.516. The fraction of sp³-hybridized carbons (Fsp3) is 0.158. The molecular weight excluding hydrogens is 290 g/mol. The van der Waals surface area contributed by atoms with Gasteiger partial charge in [-0.2, -0.15) is 0 Å². The van der Waals surface area contributed by atoms with Crippen molar-refractivity contribution in [2.75, 3.05) is 12.4 Å².